The van der Waals surface area contributed by atoms with Crippen molar-refractivity contribution >= 4 is 11.9 Å². The van der Waals surface area contributed by atoms with Gasteiger partial charge >= 0.3 is 5.97 Å². The summed E-state index contributed by atoms with van der Waals surface area (Å²) in [7, 11) is 0. The first kappa shape index (κ1) is 28.1. The van der Waals surface area contributed by atoms with E-state index in [1.54, 1.807) is 0 Å². The fourth-order valence-corrected chi connectivity index (χ4v) is 4.06. The van der Waals surface area contributed by atoms with Gasteiger partial charge in [-0.25, -0.2) is 0 Å². The minimum absolute atomic E-state index is 0.00773. The zero-order valence-corrected chi connectivity index (χ0v) is 21.0. The molecule has 7 heteroatoms. The Balaban J connectivity index is 1.46. The molecule has 1 amide bonds. The lowest BCUT2D eigenvalue weighted by molar-refractivity contribution is -0.138. The maximum absolute atomic E-state index is 11.5. The van der Waals surface area contributed by atoms with Gasteiger partial charge in [-0.05, 0) is 23.1 Å². The Morgan fingerprint density at radius 2 is 1.11 bits per heavy atom. The van der Waals surface area contributed by atoms with E-state index in [0.29, 0.717) is 46.0 Å². The van der Waals surface area contributed by atoms with Crippen LogP contribution in [0.15, 0.2) is 91.0 Å². The number of aliphatic carboxylic acids is 1. The van der Waals surface area contributed by atoms with E-state index >= 15 is 0 Å². The van der Waals surface area contributed by atoms with Gasteiger partial charge in [0.15, 0.2) is 0 Å². The van der Waals surface area contributed by atoms with Crippen molar-refractivity contribution in [2.45, 2.75) is 24.9 Å². The highest BCUT2D eigenvalue weighted by atomic mass is 16.5. The summed E-state index contributed by atoms with van der Waals surface area (Å²) in [4.78, 5) is 21.9. The molecular weight excluding hydrogens is 470 g/mol. The van der Waals surface area contributed by atoms with E-state index in [9.17, 15) is 9.59 Å². The molecule has 0 bridgehead atoms. The van der Waals surface area contributed by atoms with Crippen LogP contribution in [0.1, 0.15) is 36.0 Å². The van der Waals surface area contributed by atoms with Crippen molar-refractivity contribution in [1.82, 2.24) is 5.32 Å². The SMILES string of the molecule is O=C(O)CCC(=O)NCCCOCCOCCOC(c1ccccc1)(c1ccccc1)c1ccccc1. The second-order valence-corrected chi connectivity index (χ2v) is 8.45. The smallest absolute Gasteiger partial charge is 0.303 e. The summed E-state index contributed by atoms with van der Waals surface area (Å²) in [5, 5.41) is 11.3. The summed E-state index contributed by atoms with van der Waals surface area (Å²) in [5.74, 6) is -1.24. The zero-order valence-electron chi connectivity index (χ0n) is 21.0. The van der Waals surface area contributed by atoms with E-state index in [2.05, 4.69) is 41.7 Å². The molecule has 0 atom stereocenters. The number of benzene rings is 3. The number of carbonyl (C=O) groups is 2. The molecule has 0 aromatic heterocycles. The van der Waals surface area contributed by atoms with Crippen LogP contribution in [0.25, 0.3) is 0 Å². The van der Waals surface area contributed by atoms with Gasteiger partial charge in [0.2, 0.25) is 5.91 Å². The standard InChI is InChI=1S/C30H35NO6/c32-28(17-18-29(33)34)31-19-10-20-35-21-22-36-23-24-37-30(25-11-4-1-5-12-25,26-13-6-2-7-14-26)27-15-8-3-9-16-27/h1-9,11-16H,10,17-24H2,(H,31,32)(H,33,34). The van der Waals surface area contributed by atoms with E-state index in [0.717, 1.165) is 16.7 Å². The van der Waals surface area contributed by atoms with Gasteiger partial charge in [0.05, 0.1) is 32.8 Å². The minimum atomic E-state index is -0.977. The zero-order chi connectivity index (χ0) is 26.2. The predicted octanol–water partition coefficient (Wildman–Crippen LogP) is 4.40. The summed E-state index contributed by atoms with van der Waals surface area (Å²) < 4.78 is 18.0. The monoisotopic (exact) mass is 505 g/mol. The van der Waals surface area contributed by atoms with Gasteiger partial charge < -0.3 is 24.6 Å². The van der Waals surface area contributed by atoms with Crippen LogP contribution < -0.4 is 5.32 Å². The Morgan fingerprint density at radius 1 is 0.649 bits per heavy atom. The third kappa shape index (κ3) is 8.82. The highest BCUT2D eigenvalue weighted by Gasteiger charge is 2.37. The maximum atomic E-state index is 11.5. The molecule has 0 spiro atoms. The molecular formula is C30H35NO6. The molecule has 0 saturated carbocycles. The van der Waals surface area contributed by atoms with Crippen LogP contribution >= 0.6 is 0 Å². The van der Waals surface area contributed by atoms with E-state index in [1.165, 1.54) is 0 Å². The summed E-state index contributed by atoms with van der Waals surface area (Å²) in [6.07, 6.45) is 0.481. The highest BCUT2D eigenvalue weighted by molar-refractivity contribution is 5.80. The maximum Gasteiger partial charge on any atom is 0.303 e. The molecule has 37 heavy (non-hydrogen) atoms. The number of carboxylic acids is 1. The molecule has 0 aliphatic rings. The van der Waals surface area contributed by atoms with E-state index in [4.69, 9.17) is 19.3 Å². The summed E-state index contributed by atoms with van der Waals surface area (Å²) in [6, 6.07) is 30.7. The largest absolute Gasteiger partial charge is 0.481 e. The van der Waals surface area contributed by atoms with Gasteiger partial charge in [-0.1, -0.05) is 91.0 Å². The van der Waals surface area contributed by atoms with Crippen LogP contribution in [0.2, 0.25) is 0 Å². The summed E-state index contributed by atoms with van der Waals surface area (Å²) in [6.45, 7) is 2.61. The van der Waals surface area contributed by atoms with Crippen LogP contribution in [-0.2, 0) is 29.4 Å². The Bertz CT molecular complexity index is 963. The molecule has 0 saturated heterocycles. The summed E-state index contributed by atoms with van der Waals surface area (Å²) >= 11 is 0. The molecule has 0 fully saturated rings. The molecule has 3 rings (SSSR count). The minimum Gasteiger partial charge on any atom is -0.481 e. The van der Waals surface area contributed by atoms with Crippen molar-refractivity contribution in [3.8, 4) is 0 Å². The highest BCUT2D eigenvalue weighted by Crippen LogP contribution is 2.40. The van der Waals surface area contributed by atoms with Gasteiger partial charge in [-0.15, -0.1) is 0 Å². The lowest BCUT2D eigenvalue weighted by atomic mass is 9.80. The Labute approximate surface area is 218 Å². The Hall–Kier alpha value is -3.52. The first-order valence-electron chi connectivity index (χ1n) is 12.6. The van der Waals surface area contributed by atoms with Gasteiger partial charge in [0.1, 0.15) is 5.60 Å². The van der Waals surface area contributed by atoms with Crippen LogP contribution in [0.5, 0.6) is 0 Å². The fourth-order valence-electron chi connectivity index (χ4n) is 4.06. The van der Waals surface area contributed by atoms with Crippen molar-refractivity contribution in [3.63, 3.8) is 0 Å². The van der Waals surface area contributed by atoms with E-state index in [1.807, 2.05) is 54.6 Å². The van der Waals surface area contributed by atoms with Crippen LogP contribution in [0, 0.1) is 0 Å². The molecule has 3 aromatic carbocycles. The third-order valence-electron chi connectivity index (χ3n) is 5.81. The van der Waals surface area contributed by atoms with Gasteiger partial charge in [-0.3, -0.25) is 9.59 Å². The molecule has 7 nitrogen and oxygen atoms in total. The number of carbonyl (C=O) groups excluding carboxylic acids is 1. The lowest BCUT2D eigenvalue weighted by Crippen LogP contribution is -2.34. The van der Waals surface area contributed by atoms with E-state index < -0.39 is 11.6 Å². The molecule has 0 heterocycles. The van der Waals surface area contributed by atoms with Crippen LogP contribution in [-0.4, -0.2) is 56.6 Å². The van der Waals surface area contributed by atoms with Gasteiger partial charge in [-0.2, -0.15) is 0 Å². The van der Waals surface area contributed by atoms with Gasteiger partial charge in [0.25, 0.3) is 0 Å². The molecule has 196 valence electrons. The lowest BCUT2D eigenvalue weighted by Gasteiger charge is -2.36. The number of nitrogens with one attached hydrogen (secondary N) is 1. The number of carboxylic acid groups (broad SMARTS) is 1. The van der Waals surface area contributed by atoms with Crippen molar-refractivity contribution < 1.29 is 28.9 Å². The number of ether oxygens (including phenoxy) is 3. The molecule has 2 N–H and O–H groups in total. The molecule has 0 aliphatic carbocycles. The number of hydrogen-bond acceptors (Lipinski definition) is 5. The summed E-state index contributed by atoms with van der Waals surface area (Å²) in [5.41, 5.74) is 2.38. The molecule has 0 unspecified atom stereocenters. The van der Waals surface area contributed by atoms with Crippen LogP contribution in [0.4, 0.5) is 0 Å². The Morgan fingerprint density at radius 3 is 1.59 bits per heavy atom. The average Bonchev–Trinajstić information content (AvgIpc) is 2.94. The van der Waals surface area contributed by atoms with Crippen molar-refractivity contribution in [1.29, 1.82) is 0 Å². The Kier molecular flexibility index (Phi) is 11.8. The second kappa shape index (κ2) is 15.6. The molecule has 3 aromatic rings. The van der Waals surface area contributed by atoms with Crippen molar-refractivity contribution in [2.75, 3.05) is 39.6 Å². The van der Waals surface area contributed by atoms with Crippen LogP contribution in [0.3, 0.4) is 0 Å². The quantitative estimate of drug-likeness (QED) is 0.209. The molecule has 0 radical (unpaired) electrons. The van der Waals surface area contributed by atoms with Crippen molar-refractivity contribution in [2.24, 2.45) is 0 Å². The van der Waals surface area contributed by atoms with Crippen molar-refractivity contribution in [3.05, 3.63) is 108 Å². The topological polar surface area (TPSA) is 94.1 Å². The number of amides is 1. The predicted molar refractivity (Wildman–Crippen MR) is 141 cm³/mol. The first-order valence-corrected chi connectivity index (χ1v) is 12.6. The molecule has 0 aliphatic heterocycles. The number of hydrogen-bond donors (Lipinski definition) is 2. The normalized spacial score (nSPS) is 11.2. The second-order valence-electron chi connectivity index (χ2n) is 8.45. The first-order chi connectivity index (χ1) is 18.1. The van der Waals surface area contributed by atoms with E-state index in [-0.39, 0.29) is 18.7 Å². The average molecular weight is 506 g/mol. The fraction of sp³-hybridized carbons (Fsp3) is 0.333. The third-order valence-corrected chi connectivity index (χ3v) is 5.81. The van der Waals surface area contributed by atoms with Gasteiger partial charge in [0, 0.05) is 19.6 Å². The number of rotatable bonds is 17.